The summed E-state index contributed by atoms with van der Waals surface area (Å²) in [5, 5.41) is 23.9. The van der Waals surface area contributed by atoms with Gasteiger partial charge in [0.1, 0.15) is 23.9 Å². The van der Waals surface area contributed by atoms with Crippen LogP contribution in [-0.4, -0.2) is 62.6 Å². The van der Waals surface area contributed by atoms with Gasteiger partial charge in [0.05, 0.1) is 25.5 Å². The van der Waals surface area contributed by atoms with Crippen LogP contribution in [0.15, 0.2) is 45.9 Å². The monoisotopic (exact) mass is 519 g/mol. The summed E-state index contributed by atoms with van der Waals surface area (Å²) in [6.45, 7) is -0.497. The first-order valence-electron chi connectivity index (χ1n) is 9.82. The third-order valence-corrected chi connectivity index (χ3v) is 5.02. The van der Waals surface area contributed by atoms with E-state index in [2.05, 4.69) is 38.2 Å². The summed E-state index contributed by atoms with van der Waals surface area (Å²) in [5.74, 6) is -0.608. The van der Waals surface area contributed by atoms with E-state index in [0.717, 1.165) is 11.3 Å². The van der Waals surface area contributed by atoms with Crippen LogP contribution in [0.5, 0.6) is 11.5 Å². The van der Waals surface area contributed by atoms with Gasteiger partial charge in [0, 0.05) is 18.3 Å². The van der Waals surface area contributed by atoms with E-state index in [4.69, 9.17) is 24.7 Å². The van der Waals surface area contributed by atoms with Crippen molar-refractivity contribution in [3.05, 3.63) is 52.8 Å². The van der Waals surface area contributed by atoms with Crippen molar-refractivity contribution < 1.29 is 23.8 Å². The topological polar surface area (TPSA) is 181 Å². The molecule has 0 aliphatic rings. The van der Waals surface area contributed by atoms with Crippen LogP contribution in [-0.2, 0) is 0 Å². The summed E-state index contributed by atoms with van der Waals surface area (Å²) in [6.07, 6.45) is 4.68. The average Bonchev–Trinajstić information content (AvgIpc) is 3.52. The summed E-state index contributed by atoms with van der Waals surface area (Å²) in [5.41, 5.74) is 5.27. The molecule has 4 N–H and O–H groups in total. The smallest absolute Gasteiger partial charge is 0.379 e. The maximum absolute atomic E-state index is 12.8. The van der Waals surface area contributed by atoms with Crippen molar-refractivity contribution >= 4 is 40.8 Å². The Balaban J connectivity index is 0.00000167. The first-order valence-corrected chi connectivity index (χ1v) is 11.5. The number of hydrogen-bond donors (Lipinski definition) is 4. The molecule has 4 heterocycles. The van der Waals surface area contributed by atoms with Gasteiger partial charge in [0.15, 0.2) is 5.76 Å². The molecule has 4 aromatic heterocycles. The molecular formula is C20H21N7O6S2. The molecule has 0 unspecified atom stereocenters. The third-order valence-electron chi connectivity index (χ3n) is 4.20. The second-order valence-corrected chi connectivity index (χ2v) is 7.24. The number of nitrogens with zero attached hydrogens (tertiary/aromatic N) is 5. The number of nitrogen functional groups attached to an aromatic ring is 1. The summed E-state index contributed by atoms with van der Waals surface area (Å²) in [6, 6.07) is 6.16. The minimum Gasteiger partial charge on any atom is -0.494 e. The van der Waals surface area contributed by atoms with Crippen LogP contribution in [0.25, 0.3) is 16.4 Å². The Morgan fingerprint density at radius 1 is 1.31 bits per heavy atom. The fraction of sp³-hybridized carbons (Fsp3) is 0.200. The summed E-state index contributed by atoms with van der Waals surface area (Å²) in [7, 11) is 1.44. The van der Waals surface area contributed by atoms with Crippen LogP contribution < -0.4 is 26.1 Å². The Hall–Kier alpha value is -3.95. The molecule has 0 spiro atoms. The van der Waals surface area contributed by atoms with Gasteiger partial charge in [-0.15, -0.1) is 10.2 Å². The molecule has 0 aliphatic carbocycles. The normalized spacial score (nSPS) is 10.3. The predicted octanol–water partition coefficient (Wildman–Crippen LogP) is 1.50. The molecule has 0 aliphatic heterocycles. The number of carbonyl (C=O) groups excluding carboxylic acids is 1. The van der Waals surface area contributed by atoms with Crippen LogP contribution in [0.3, 0.4) is 0 Å². The summed E-state index contributed by atoms with van der Waals surface area (Å²) >= 11 is 4.54. The fourth-order valence-corrected chi connectivity index (χ4v) is 3.51. The highest BCUT2D eigenvalue weighted by atomic mass is 32.1. The Kier molecular flexibility index (Phi) is 8.77. The van der Waals surface area contributed by atoms with E-state index in [1.807, 2.05) is 0 Å². The number of carbonyl (C=O) groups is 1. The Morgan fingerprint density at radius 2 is 2.11 bits per heavy atom. The zero-order valence-electron chi connectivity index (χ0n) is 18.5. The molecule has 0 aromatic carbocycles. The third kappa shape index (κ3) is 5.76. The molecule has 1 amide bonds. The number of methoxy groups -OCH3 is 1. The second kappa shape index (κ2) is 12.0. The fourth-order valence-electron chi connectivity index (χ4n) is 2.80. The number of aromatic nitrogens is 5. The van der Waals surface area contributed by atoms with Crippen LogP contribution in [0.4, 0.5) is 10.9 Å². The van der Waals surface area contributed by atoms with Crippen molar-refractivity contribution in [1.29, 1.82) is 0 Å². The van der Waals surface area contributed by atoms with E-state index in [9.17, 15) is 9.59 Å². The van der Waals surface area contributed by atoms with Crippen LogP contribution >= 0.6 is 24.0 Å². The maximum Gasteiger partial charge on any atom is 0.379 e. The number of aliphatic hydroxyl groups is 1. The first kappa shape index (κ1) is 25.7. The van der Waals surface area contributed by atoms with Gasteiger partial charge in [0.2, 0.25) is 16.0 Å². The van der Waals surface area contributed by atoms with Gasteiger partial charge >= 0.3 is 5.63 Å². The molecule has 13 nitrogen and oxygen atoms in total. The molecule has 0 atom stereocenters. The highest BCUT2D eigenvalue weighted by Gasteiger charge is 2.23. The van der Waals surface area contributed by atoms with E-state index in [-0.39, 0.29) is 41.1 Å². The van der Waals surface area contributed by atoms with Crippen molar-refractivity contribution in [2.75, 3.05) is 37.6 Å². The molecule has 0 saturated heterocycles. The Morgan fingerprint density at radius 3 is 2.80 bits per heavy atom. The van der Waals surface area contributed by atoms with E-state index < -0.39 is 11.5 Å². The number of hydrogen-bond acceptors (Lipinski definition) is 13. The Labute approximate surface area is 208 Å². The van der Waals surface area contributed by atoms with Gasteiger partial charge < -0.3 is 24.7 Å². The maximum atomic E-state index is 12.8. The number of nitrogens with two attached hydrogens (primary N) is 1. The lowest BCUT2D eigenvalue weighted by atomic mass is 10.1. The summed E-state index contributed by atoms with van der Waals surface area (Å²) in [4.78, 5) is 29.7. The number of aliphatic hydroxyl groups excluding tert-OH is 1. The van der Waals surface area contributed by atoms with E-state index >= 15 is 0 Å². The van der Waals surface area contributed by atoms with Crippen LogP contribution in [0.2, 0.25) is 0 Å². The lowest BCUT2D eigenvalue weighted by Gasteiger charge is -2.12. The minimum atomic E-state index is -0.930. The molecule has 0 saturated carbocycles. The van der Waals surface area contributed by atoms with Crippen molar-refractivity contribution in [1.82, 2.24) is 25.0 Å². The Bertz CT molecular complexity index is 1350. The van der Waals surface area contributed by atoms with Crippen molar-refractivity contribution in [3.63, 3.8) is 0 Å². The minimum absolute atomic E-state index is 0.130. The predicted molar refractivity (Wildman–Crippen MR) is 132 cm³/mol. The number of rotatable bonds is 8. The van der Waals surface area contributed by atoms with Crippen LogP contribution in [0.1, 0.15) is 10.6 Å². The molecule has 4 aromatic rings. The zero-order valence-corrected chi connectivity index (χ0v) is 20.2. The molecule has 15 heteroatoms. The highest BCUT2D eigenvalue weighted by molar-refractivity contribution is 7.79. The molecule has 0 radical (unpaired) electrons. The van der Waals surface area contributed by atoms with Crippen molar-refractivity contribution in [2.45, 2.75) is 0 Å². The van der Waals surface area contributed by atoms with E-state index in [0.29, 0.717) is 16.7 Å². The average molecular weight is 520 g/mol. The molecule has 0 fully saturated rings. The lowest BCUT2D eigenvalue weighted by molar-refractivity contribution is 0.0990. The molecule has 35 heavy (non-hydrogen) atoms. The van der Waals surface area contributed by atoms with Gasteiger partial charge in [0.25, 0.3) is 5.91 Å². The molecular weight excluding hydrogens is 498 g/mol. The number of pyridine rings is 1. The molecule has 0 bridgehead atoms. The van der Waals surface area contributed by atoms with Gasteiger partial charge in [-0.3, -0.25) is 15.1 Å². The molecule has 184 valence electrons. The number of anilines is 2. The zero-order chi connectivity index (χ0) is 25.4. The van der Waals surface area contributed by atoms with E-state index in [1.165, 1.54) is 30.3 Å². The lowest BCUT2D eigenvalue weighted by Crippen LogP contribution is -2.18. The van der Waals surface area contributed by atoms with Crippen LogP contribution in [0, 0.1) is 0 Å². The van der Waals surface area contributed by atoms with Crippen molar-refractivity contribution in [2.24, 2.45) is 0 Å². The van der Waals surface area contributed by atoms with Gasteiger partial charge in [-0.25, -0.2) is 4.79 Å². The van der Waals surface area contributed by atoms with Gasteiger partial charge in [-0.05, 0) is 18.4 Å². The highest BCUT2D eigenvalue weighted by Crippen LogP contribution is 2.33. The quantitative estimate of drug-likeness (QED) is 0.248. The number of thiol groups is 1. The SMILES string of the molecule is COc1cccnc1-c1cc(C(=O)Nc2nnc(-n3nccc3N)s2)oc(=O)c1OCCO.CS. The van der Waals surface area contributed by atoms with E-state index in [1.54, 1.807) is 24.5 Å². The summed E-state index contributed by atoms with van der Waals surface area (Å²) < 4.78 is 17.2. The molecule has 4 rings (SSSR count). The standard InChI is InChI=1S/C19H17N7O6S.CH4S/c1-30-11-3-2-5-21-14(11)10-9-12(32-17(29)15(10)31-8-7-27)16(28)23-18-24-25-19(33-18)26-13(20)4-6-22-26;1-2/h2-6,9,27H,7-8,20H2,1H3,(H,23,24,28);2H,1H3. The number of ether oxygens (including phenoxy) is 2. The second-order valence-electron chi connectivity index (χ2n) is 6.28. The number of amides is 1. The van der Waals surface area contributed by atoms with Crippen molar-refractivity contribution in [3.8, 4) is 27.9 Å². The van der Waals surface area contributed by atoms with Gasteiger partial charge in [-0.1, -0.05) is 11.3 Å². The first-order chi connectivity index (χ1) is 17.0. The largest absolute Gasteiger partial charge is 0.494 e. The van der Waals surface area contributed by atoms with Gasteiger partial charge in [-0.2, -0.15) is 22.4 Å². The number of nitrogens with one attached hydrogen (secondary N) is 1.